The fourth-order valence-corrected chi connectivity index (χ4v) is 3.61. The number of para-hydroxylation sites is 2. The number of carboxylic acids is 2. The number of rotatable bonds is 15. The lowest BCUT2D eigenvalue weighted by Crippen LogP contribution is -2.37. The first-order valence-corrected chi connectivity index (χ1v) is 12.8. The number of carbonyl (C=O) groups is 3. The van der Waals surface area contributed by atoms with Crippen molar-refractivity contribution in [1.29, 1.82) is 0 Å². The molecule has 1 heterocycles. The number of nitrogens with zero attached hydrogens (tertiary/aromatic N) is 1. The Morgan fingerprint density at radius 2 is 1.61 bits per heavy atom. The molecule has 2 rings (SSSR count). The van der Waals surface area contributed by atoms with Crippen LogP contribution in [0.25, 0.3) is 0 Å². The smallest absolute Gasteiger partial charge is 0.414 e. The van der Waals surface area contributed by atoms with E-state index in [2.05, 4.69) is 24.1 Å². The summed E-state index contributed by atoms with van der Waals surface area (Å²) in [6, 6.07) is 7.53. The summed E-state index contributed by atoms with van der Waals surface area (Å²) in [7, 11) is 0. The van der Waals surface area contributed by atoms with Crippen molar-refractivity contribution in [2.24, 2.45) is 0 Å². The van der Waals surface area contributed by atoms with E-state index in [4.69, 9.17) is 34.0 Å². The molecule has 0 bridgehead atoms. The quantitative estimate of drug-likeness (QED) is 0.228. The van der Waals surface area contributed by atoms with Crippen LogP contribution in [-0.4, -0.2) is 78.7 Å². The van der Waals surface area contributed by atoms with Gasteiger partial charge in [-0.05, 0) is 50.9 Å². The fraction of sp³-hybridized carbons (Fsp3) is 0.654. The third kappa shape index (κ3) is 14.5. The van der Waals surface area contributed by atoms with Crippen molar-refractivity contribution in [1.82, 2.24) is 4.90 Å². The first kappa shape index (κ1) is 31.2. The van der Waals surface area contributed by atoms with E-state index >= 15 is 0 Å². The van der Waals surface area contributed by atoms with Crippen LogP contribution < -0.4 is 10.1 Å². The highest BCUT2D eigenvalue weighted by molar-refractivity contribution is 6.27. The topological polar surface area (TPSA) is 135 Å². The van der Waals surface area contributed by atoms with Crippen LogP contribution in [0.5, 0.6) is 5.75 Å². The molecule has 1 fully saturated rings. The maximum Gasteiger partial charge on any atom is 0.414 e. The second kappa shape index (κ2) is 19.4. The molecule has 1 saturated heterocycles. The Balaban J connectivity index is 0.000000960. The first-order chi connectivity index (χ1) is 17.4. The Labute approximate surface area is 213 Å². The number of hydrogen-bond acceptors (Lipinski definition) is 7. The van der Waals surface area contributed by atoms with Gasteiger partial charge in [-0.1, -0.05) is 51.7 Å². The minimum absolute atomic E-state index is 0.277. The highest BCUT2D eigenvalue weighted by Gasteiger charge is 2.21. The molecule has 1 aromatic rings. The number of carboxylic acid groups (broad SMARTS) is 2. The molecule has 0 aliphatic carbocycles. The number of nitrogens with one attached hydrogen (secondary N) is 1. The van der Waals surface area contributed by atoms with Gasteiger partial charge in [0.2, 0.25) is 0 Å². The van der Waals surface area contributed by atoms with Crippen molar-refractivity contribution in [3.8, 4) is 5.75 Å². The van der Waals surface area contributed by atoms with Crippen molar-refractivity contribution in [2.75, 3.05) is 44.8 Å². The lowest BCUT2D eigenvalue weighted by molar-refractivity contribution is -0.159. The van der Waals surface area contributed by atoms with Crippen LogP contribution in [-0.2, 0) is 19.1 Å². The molecule has 0 saturated carbocycles. The largest absolute Gasteiger partial charge is 0.491 e. The number of likely N-dealkylation sites (tertiary alicyclic amines) is 1. The number of ether oxygens (including phenoxy) is 3. The Kier molecular flexibility index (Phi) is 16.8. The van der Waals surface area contributed by atoms with Crippen molar-refractivity contribution in [3.05, 3.63) is 24.3 Å². The third-order valence-corrected chi connectivity index (χ3v) is 5.40. The second-order valence-electron chi connectivity index (χ2n) is 8.60. The Morgan fingerprint density at radius 1 is 0.944 bits per heavy atom. The van der Waals surface area contributed by atoms with Crippen LogP contribution in [0.3, 0.4) is 0 Å². The second-order valence-corrected chi connectivity index (χ2v) is 8.60. The number of hydrogen-bond donors (Lipinski definition) is 3. The molecule has 10 heteroatoms. The van der Waals surface area contributed by atoms with Crippen molar-refractivity contribution in [3.63, 3.8) is 0 Å². The number of amides is 1. The van der Waals surface area contributed by atoms with E-state index in [-0.39, 0.29) is 6.10 Å². The normalized spacial score (nSPS) is 13.8. The van der Waals surface area contributed by atoms with E-state index in [0.29, 0.717) is 37.8 Å². The highest BCUT2D eigenvalue weighted by atomic mass is 16.6. The Hall–Kier alpha value is -2.85. The van der Waals surface area contributed by atoms with Crippen LogP contribution in [0.1, 0.15) is 65.2 Å². The van der Waals surface area contributed by atoms with Gasteiger partial charge < -0.3 is 24.4 Å². The van der Waals surface area contributed by atoms with Crippen molar-refractivity contribution in [2.45, 2.75) is 71.3 Å². The predicted octanol–water partition coefficient (Wildman–Crippen LogP) is 4.63. The number of benzene rings is 1. The standard InChI is InChI=1S/C24H40N2O4.C2H2O4/c1-3-5-6-7-12-18-29-23-14-9-8-13-22(23)25-24(27)30-21(20-28-17-4-2)19-26-15-10-11-16-26;3-1(4)2(5)6/h8-9,13-14,21H,3-7,10-12,15-20H2,1-2H3,(H,25,27);(H,3,4)(H,5,6). The van der Waals surface area contributed by atoms with Crippen LogP contribution in [0.4, 0.5) is 10.5 Å². The molecule has 0 aromatic heterocycles. The molecule has 36 heavy (non-hydrogen) atoms. The molecule has 204 valence electrons. The van der Waals surface area contributed by atoms with Crippen LogP contribution in [0.2, 0.25) is 0 Å². The van der Waals surface area contributed by atoms with Gasteiger partial charge in [-0.25, -0.2) is 14.4 Å². The molecular formula is C26H42N2O8. The van der Waals surface area contributed by atoms with Gasteiger partial charge in [0.15, 0.2) is 0 Å². The summed E-state index contributed by atoms with van der Waals surface area (Å²) in [5.41, 5.74) is 0.644. The van der Waals surface area contributed by atoms with E-state index in [0.717, 1.165) is 25.9 Å². The molecule has 1 aliphatic heterocycles. The molecule has 3 N–H and O–H groups in total. The van der Waals surface area contributed by atoms with E-state index in [1.807, 2.05) is 24.3 Å². The monoisotopic (exact) mass is 510 g/mol. The van der Waals surface area contributed by atoms with E-state index < -0.39 is 18.0 Å². The number of aliphatic carboxylic acids is 2. The minimum atomic E-state index is -1.82. The molecule has 1 amide bonds. The average Bonchev–Trinajstić information content (AvgIpc) is 3.36. The van der Waals surface area contributed by atoms with E-state index in [1.54, 1.807) is 0 Å². The molecular weight excluding hydrogens is 468 g/mol. The minimum Gasteiger partial charge on any atom is -0.491 e. The van der Waals surface area contributed by atoms with Gasteiger partial charge in [-0.15, -0.1) is 0 Å². The van der Waals surface area contributed by atoms with E-state index in [9.17, 15) is 4.79 Å². The van der Waals surface area contributed by atoms with E-state index in [1.165, 1.54) is 38.5 Å². The van der Waals surface area contributed by atoms with Gasteiger partial charge in [0, 0.05) is 13.2 Å². The zero-order valence-electron chi connectivity index (χ0n) is 21.6. The zero-order chi connectivity index (χ0) is 26.6. The lowest BCUT2D eigenvalue weighted by atomic mass is 10.2. The molecule has 1 unspecified atom stereocenters. The summed E-state index contributed by atoms with van der Waals surface area (Å²) in [6.07, 6.45) is 8.56. The lowest BCUT2D eigenvalue weighted by Gasteiger charge is -2.24. The Bertz CT molecular complexity index is 756. The molecule has 1 aromatic carbocycles. The first-order valence-electron chi connectivity index (χ1n) is 12.8. The van der Waals surface area contributed by atoms with Gasteiger partial charge in [0.25, 0.3) is 0 Å². The van der Waals surface area contributed by atoms with Crippen molar-refractivity contribution >= 4 is 23.7 Å². The molecule has 1 atom stereocenters. The van der Waals surface area contributed by atoms with Crippen molar-refractivity contribution < 1.29 is 38.8 Å². The summed E-state index contributed by atoms with van der Waals surface area (Å²) in [6.45, 7) is 8.87. The fourth-order valence-electron chi connectivity index (χ4n) is 3.61. The summed E-state index contributed by atoms with van der Waals surface area (Å²) >= 11 is 0. The summed E-state index contributed by atoms with van der Waals surface area (Å²) < 4.78 is 17.3. The van der Waals surface area contributed by atoms with Crippen LogP contribution >= 0.6 is 0 Å². The predicted molar refractivity (Wildman–Crippen MR) is 137 cm³/mol. The molecule has 0 radical (unpaired) electrons. The van der Waals surface area contributed by atoms with Gasteiger partial charge in [0.05, 0.1) is 18.9 Å². The van der Waals surface area contributed by atoms with Gasteiger partial charge in [-0.3, -0.25) is 10.2 Å². The third-order valence-electron chi connectivity index (χ3n) is 5.40. The zero-order valence-corrected chi connectivity index (χ0v) is 21.6. The summed E-state index contributed by atoms with van der Waals surface area (Å²) in [4.78, 5) is 33.1. The Morgan fingerprint density at radius 3 is 2.25 bits per heavy atom. The van der Waals surface area contributed by atoms with Gasteiger partial charge in [0.1, 0.15) is 11.9 Å². The van der Waals surface area contributed by atoms with Gasteiger partial charge >= 0.3 is 18.0 Å². The SMILES string of the molecule is CCCCCCCOc1ccccc1NC(=O)OC(COCCC)CN1CCCC1.O=C(O)C(=O)O. The number of unbranched alkanes of at least 4 members (excludes halogenated alkanes) is 4. The maximum absolute atomic E-state index is 12.6. The summed E-state index contributed by atoms with van der Waals surface area (Å²) in [5, 5.41) is 17.6. The molecule has 0 spiro atoms. The molecule has 10 nitrogen and oxygen atoms in total. The average molecular weight is 511 g/mol. The maximum atomic E-state index is 12.6. The van der Waals surface area contributed by atoms with Crippen LogP contribution in [0.15, 0.2) is 24.3 Å². The molecule has 1 aliphatic rings. The highest BCUT2D eigenvalue weighted by Crippen LogP contribution is 2.24. The van der Waals surface area contributed by atoms with Gasteiger partial charge in [-0.2, -0.15) is 0 Å². The van der Waals surface area contributed by atoms with Crippen LogP contribution in [0, 0.1) is 0 Å². The number of carbonyl (C=O) groups excluding carboxylic acids is 1. The number of anilines is 1. The summed E-state index contributed by atoms with van der Waals surface area (Å²) in [5.74, 6) is -2.96.